The van der Waals surface area contributed by atoms with Gasteiger partial charge in [0.05, 0.1) is 13.2 Å². The van der Waals surface area contributed by atoms with Crippen molar-refractivity contribution in [3.8, 4) is 5.75 Å². The van der Waals surface area contributed by atoms with Crippen LogP contribution in [-0.4, -0.2) is 79.2 Å². The van der Waals surface area contributed by atoms with Crippen LogP contribution >= 0.6 is 0 Å². The molecule has 3 aromatic carbocycles. The Balaban J connectivity index is 1.84. The van der Waals surface area contributed by atoms with E-state index in [-0.39, 0.29) is 37.6 Å². The lowest BCUT2D eigenvalue weighted by molar-refractivity contribution is -0.166. The van der Waals surface area contributed by atoms with E-state index in [1.165, 1.54) is 12.1 Å². The highest BCUT2D eigenvalue weighted by Gasteiger charge is 2.32. The Kier molecular flexibility index (Phi) is 17.4. The molecule has 0 fully saturated rings. The summed E-state index contributed by atoms with van der Waals surface area (Å²) in [4.78, 5) is 78.2. The summed E-state index contributed by atoms with van der Waals surface area (Å²) in [6.07, 6.45) is 0.268. The number of nitrogens with one attached hydrogen (secondary N) is 3. The number of rotatable bonds is 20. The van der Waals surface area contributed by atoms with E-state index in [1.54, 1.807) is 95.3 Å². The standard InChI is InChI=1S/C42H53N3O10/c1-7-10-14-25-43-37(47)33(26-29-19-23-32(24-20-29)54-36(39(49)52-8-2)40(50)53-9-3)44-38(48)34(45-41(51)55-42(4,5)6)27-28-17-21-31(22-18-28)35(46)30-15-12-11-13-16-30/h11-13,15-24,33-34,36H,7-10,14,25-27H2,1-6H3,(H,43,47)(H,44,48)(H,45,51)/t33-,34-/m0/s1. The first-order valence-electron chi connectivity index (χ1n) is 18.6. The number of alkyl carbamates (subject to hydrolysis) is 1. The van der Waals surface area contributed by atoms with Crippen LogP contribution < -0.4 is 20.7 Å². The molecule has 0 saturated heterocycles. The Morgan fingerprint density at radius 1 is 0.636 bits per heavy atom. The fourth-order valence-corrected chi connectivity index (χ4v) is 5.34. The maximum atomic E-state index is 14.0. The fourth-order valence-electron chi connectivity index (χ4n) is 5.34. The molecular weight excluding hydrogens is 706 g/mol. The van der Waals surface area contributed by atoms with E-state index >= 15 is 0 Å². The van der Waals surface area contributed by atoms with Crippen LogP contribution in [0.3, 0.4) is 0 Å². The van der Waals surface area contributed by atoms with E-state index in [2.05, 4.69) is 16.0 Å². The fraction of sp³-hybridized carbons (Fsp3) is 0.429. The minimum absolute atomic E-state index is 0.0316. The van der Waals surface area contributed by atoms with Crippen LogP contribution in [0, 0.1) is 0 Å². The van der Waals surface area contributed by atoms with Crippen LogP contribution in [0.1, 0.15) is 87.9 Å². The molecule has 0 aliphatic carbocycles. The van der Waals surface area contributed by atoms with Crippen molar-refractivity contribution in [2.45, 2.75) is 97.4 Å². The molecule has 3 rings (SSSR count). The van der Waals surface area contributed by atoms with Gasteiger partial charge >= 0.3 is 18.0 Å². The monoisotopic (exact) mass is 759 g/mol. The molecule has 0 bridgehead atoms. The summed E-state index contributed by atoms with van der Waals surface area (Å²) < 4.78 is 21.0. The molecule has 3 amide bonds. The van der Waals surface area contributed by atoms with E-state index in [4.69, 9.17) is 18.9 Å². The number of hydrogen-bond donors (Lipinski definition) is 3. The van der Waals surface area contributed by atoms with Gasteiger partial charge in [0.25, 0.3) is 6.10 Å². The van der Waals surface area contributed by atoms with Gasteiger partial charge in [0.15, 0.2) is 5.78 Å². The van der Waals surface area contributed by atoms with E-state index in [0.29, 0.717) is 28.8 Å². The molecule has 3 aromatic rings. The van der Waals surface area contributed by atoms with E-state index < -0.39 is 53.6 Å². The minimum atomic E-state index is -1.62. The molecule has 0 radical (unpaired) electrons. The maximum Gasteiger partial charge on any atom is 0.408 e. The number of benzene rings is 3. The van der Waals surface area contributed by atoms with Crippen LogP contribution in [0.15, 0.2) is 78.9 Å². The largest absolute Gasteiger partial charge is 0.467 e. The highest BCUT2D eigenvalue weighted by atomic mass is 16.6. The van der Waals surface area contributed by atoms with Crippen LogP contribution in [0.2, 0.25) is 0 Å². The molecule has 0 aliphatic heterocycles. The number of amides is 3. The van der Waals surface area contributed by atoms with Gasteiger partial charge in [0.1, 0.15) is 23.4 Å². The lowest BCUT2D eigenvalue weighted by atomic mass is 9.99. The molecule has 0 saturated carbocycles. The quantitative estimate of drug-likeness (QED) is 0.0453. The lowest BCUT2D eigenvalue weighted by Gasteiger charge is -2.25. The van der Waals surface area contributed by atoms with Gasteiger partial charge in [-0.1, -0.05) is 86.5 Å². The summed E-state index contributed by atoms with van der Waals surface area (Å²) in [5.74, 6) is -2.81. The van der Waals surface area contributed by atoms with Crippen molar-refractivity contribution in [2.24, 2.45) is 0 Å². The Morgan fingerprint density at radius 2 is 1.16 bits per heavy atom. The van der Waals surface area contributed by atoms with Gasteiger partial charge in [-0.25, -0.2) is 14.4 Å². The molecule has 296 valence electrons. The maximum absolute atomic E-state index is 14.0. The zero-order chi connectivity index (χ0) is 40.4. The Hall–Kier alpha value is -5.72. The summed E-state index contributed by atoms with van der Waals surface area (Å²) in [6, 6.07) is 19.7. The normalized spacial score (nSPS) is 12.1. The molecule has 13 nitrogen and oxygen atoms in total. The Labute approximate surface area is 322 Å². The second-order valence-electron chi connectivity index (χ2n) is 13.7. The second kappa shape index (κ2) is 21.9. The van der Waals surface area contributed by atoms with Crippen LogP contribution in [-0.2, 0) is 46.2 Å². The average molecular weight is 760 g/mol. The van der Waals surface area contributed by atoms with Crippen LogP contribution in [0.4, 0.5) is 4.79 Å². The molecular formula is C42H53N3O10. The van der Waals surface area contributed by atoms with Gasteiger partial charge < -0.3 is 34.9 Å². The summed E-state index contributed by atoms with van der Waals surface area (Å²) >= 11 is 0. The zero-order valence-electron chi connectivity index (χ0n) is 32.5. The van der Waals surface area contributed by atoms with Crippen molar-refractivity contribution < 1.29 is 47.7 Å². The minimum Gasteiger partial charge on any atom is -0.467 e. The zero-order valence-corrected chi connectivity index (χ0v) is 32.5. The van der Waals surface area contributed by atoms with Gasteiger partial charge in [0.2, 0.25) is 11.8 Å². The second-order valence-corrected chi connectivity index (χ2v) is 13.7. The van der Waals surface area contributed by atoms with Gasteiger partial charge in [-0.05, 0) is 64.3 Å². The van der Waals surface area contributed by atoms with Crippen molar-refractivity contribution in [3.05, 3.63) is 101 Å². The van der Waals surface area contributed by atoms with Crippen molar-refractivity contribution in [2.75, 3.05) is 19.8 Å². The molecule has 0 spiro atoms. The average Bonchev–Trinajstić information content (AvgIpc) is 3.15. The van der Waals surface area contributed by atoms with E-state index in [0.717, 1.165) is 19.3 Å². The summed E-state index contributed by atoms with van der Waals surface area (Å²) in [5, 5.41) is 8.37. The third-order valence-electron chi connectivity index (χ3n) is 8.03. The molecule has 2 atom stereocenters. The van der Waals surface area contributed by atoms with Gasteiger partial charge in [-0.15, -0.1) is 0 Å². The lowest BCUT2D eigenvalue weighted by Crippen LogP contribution is -2.55. The first-order valence-corrected chi connectivity index (χ1v) is 18.6. The van der Waals surface area contributed by atoms with Crippen molar-refractivity contribution in [1.82, 2.24) is 16.0 Å². The van der Waals surface area contributed by atoms with Crippen molar-refractivity contribution in [3.63, 3.8) is 0 Å². The number of hydrogen-bond acceptors (Lipinski definition) is 10. The SMILES string of the molecule is CCCCCNC(=O)[C@H](Cc1ccc(OC(C(=O)OCC)C(=O)OCC)cc1)NC(=O)[C@H](Cc1ccc(C(=O)c2ccccc2)cc1)NC(=O)OC(C)(C)C. The smallest absolute Gasteiger partial charge is 0.408 e. The van der Waals surface area contributed by atoms with E-state index in [1.807, 2.05) is 13.0 Å². The number of carbonyl (C=O) groups is 6. The molecule has 0 unspecified atom stereocenters. The van der Waals surface area contributed by atoms with Crippen LogP contribution in [0.5, 0.6) is 5.75 Å². The molecule has 0 heterocycles. The Bertz CT molecular complexity index is 1700. The van der Waals surface area contributed by atoms with Gasteiger partial charge in [-0.3, -0.25) is 14.4 Å². The summed E-state index contributed by atoms with van der Waals surface area (Å²) in [6.45, 7) is 10.9. The van der Waals surface area contributed by atoms with Crippen molar-refractivity contribution in [1.29, 1.82) is 0 Å². The third kappa shape index (κ3) is 14.9. The predicted molar refractivity (Wildman–Crippen MR) is 205 cm³/mol. The van der Waals surface area contributed by atoms with Gasteiger partial charge in [0, 0.05) is 30.5 Å². The number of ether oxygens (including phenoxy) is 4. The number of esters is 2. The number of ketones is 1. The molecule has 0 aromatic heterocycles. The summed E-state index contributed by atoms with van der Waals surface area (Å²) in [5.41, 5.74) is 1.44. The molecule has 3 N–H and O–H groups in total. The number of unbranched alkanes of at least 4 members (excludes halogenated alkanes) is 2. The summed E-state index contributed by atoms with van der Waals surface area (Å²) in [7, 11) is 0. The predicted octanol–water partition coefficient (Wildman–Crippen LogP) is 5.26. The molecule has 13 heteroatoms. The van der Waals surface area contributed by atoms with Gasteiger partial charge in [-0.2, -0.15) is 0 Å². The molecule has 55 heavy (non-hydrogen) atoms. The highest BCUT2D eigenvalue weighted by Crippen LogP contribution is 2.18. The highest BCUT2D eigenvalue weighted by molar-refractivity contribution is 6.09. The van der Waals surface area contributed by atoms with Crippen molar-refractivity contribution >= 4 is 35.6 Å². The number of carbonyl (C=O) groups excluding carboxylic acids is 6. The first kappa shape index (κ1) is 43.7. The third-order valence-corrected chi connectivity index (χ3v) is 8.03. The first-order chi connectivity index (χ1) is 26.2. The molecule has 0 aliphatic rings. The Morgan fingerprint density at radius 3 is 1.69 bits per heavy atom. The van der Waals surface area contributed by atoms with Crippen LogP contribution in [0.25, 0.3) is 0 Å². The van der Waals surface area contributed by atoms with E-state index in [9.17, 15) is 28.8 Å². The topological polar surface area (TPSA) is 175 Å².